The number of nitrogens with one attached hydrogen (secondary N) is 1. The smallest absolute Gasteiger partial charge is 0.345 e. The molecule has 0 unspecified atom stereocenters. The van der Waals surface area contributed by atoms with Crippen LogP contribution in [0.25, 0.3) is 10.9 Å². The fraction of sp³-hybridized carbons (Fsp3) is 0.273. The maximum absolute atomic E-state index is 11.2. The molecule has 78 valence electrons. The van der Waals surface area contributed by atoms with Crippen molar-refractivity contribution < 1.29 is 0 Å². The Morgan fingerprint density at radius 2 is 2.07 bits per heavy atom. The molecule has 0 spiro atoms. The molecule has 0 atom stereocenters. The number of aromatic amines is 1. The lowest BCUT2D eigenvalue weighted by atomic mass is 10.2. The van der Waals surface area contributed by atoms with Gasteiger partial charge in [0.15, 0.2) is 0 Å². The molecule has 2 aromatic rings. The third-order valence-corrected chi connectivity index (χ3v) is 2.42. The quantitative estimate of drug-likeness (QED) is 0.760. The van der Waals surface area contributed by atoms with Gasteiger partial charge >= 0.3 is 5.69 Å². The molecule has 1 aromatic heterocycles. The van der Waals surface area contributed by atoms with Crippen molar-refractivity contribution in [2.45, 2.75) is 6.92 Å². The van der Waals surface area contributed by atoms with Crippen LogP contribution in [0.1, 0.15) is 5.69 Å². The predicted molar refractivity (Wildman–Crippen MR) is 61.4 cm³/mol. The highest BCUT2D eigenvalue weighted by molar-refractivity contribution is 5.83. The van der Waals surface area contributed by atoms with Gasteiger partial charge < -0.3 is 9.88 Å². The predicted octanol–water partition coefficient (Wildman–Crippen LogP) is 1.30. The van der Waals surface area contributed by atoms with Crippen molar-refractivity contribution in [3.8, 4) is 0 Å². The molecule has 0 radical (unpaired) electrons. The summed E-state index contributed by atoms with van der Waals surface area (Å²) in [6, 6.07) is 5.90. The van der Waals surface area contributed by atoms with Crippen LogP contribution in [0.3, 0.4) is 0 Å². The molecule has 0 amide bonds. The van der Waals surface area contributed by atoms with Gasteiger partial charge in [0.2, 0.25) is 0 Å². The molecule has 1 aromatic carbocycles. The van der Waals surface area contributed by atoms with E-state index in [0.717, 1.165) is 22.3 Å². The molecule has 4 heteroatoms. The summed E-state index contributed by atoms with van der Waals surface area (Å²) in [6.45, 7) is 1.88. The number of aryl methyl sites for hydroxylation is 1. The van der Waals surface area contributed by atoms with Crippen molar-refractivity contribution in [3.63, 3.8) is 0 Å². The number of aromatic nitrogens is 2. The van der Waals surface area contributed by atoms with Crippen LogP contribution in [0.15, 0.2) is 23.0 Å². The zero-order chi connectivity index (χ0) is 11.0. The van der Waals surface area contributed by atoms with Crippen molar-refractivity contribution in [1.29, 1.82) is 0 Å². The number of anilines is 1. The third kappa shape index (κ3) is 1.70. The Bertz CT molecular complexity index is 557. The molecule has 0 fully saturated rings. The summed E-state index contributed by atoms with van der Waals surface area (Å²) in [6.07, 6.45) is 0. The number of hydrogen-bond acceptors (Lipinski definition) is 3. The van der Waals surface area contributed by atoms with E-state index in [4.69, 9.17) is 0 Å². The molecule has 0 saturated carbocycles. The van der Waals surface area contributed by atoms with E-state index in [1.807, 2.05) is 44.1 Å². The van der Waals surface area contributed by atoms with E-state index in [-0.39, 0.29) is 5.69 Å². The van der Waals surface area contributed by atoms with Crippen molar-refractivity contribution >= 4 is 16.6 Å². The minimum absolute atomic E-state index is 0.295. The van der Waals surface area contributed by atoms with Crippen molar-refractivity contribution in [3.05, 3.63) is 34.4 Å². The van der Waals surface area contributed by atoms with Crippen LogP contribution in [-0.4, -0.2) is 24.1 Å². The van der Waals surface area contributed by atoms with Gasteiger partial charge in [0, 0.05) is 30.9 Å². The first-order chi connectivity index (χ1) is 7.08. The van der Waals surface area contributed by atoms with E-state index < -0.39 is 0 Å². The molecular formula is C11H13N3O. The molecule has 0 aliphatic rings. The summed E-state index contributed by atoms with van der Waals surface area (Å²) in [7, 11) is 3.92. The summed E-state index contributed by atoms with van der Waals surface area (Å²) in [5.41, 5.74) is 2.34. The van der Waals surface area contributed by atoms with Gasteiger partial charge in [-0.15, -0.1) is 0 Å². The Balaban J connectivity index is 2.76. The minimum Gasteiger partial charge on any atom is -0.378 e. The molecule has 1 N–H and O–H groups in total. The topological polar surface area (TPSA) is 49.0 Å². The molecule has 0 aliphatic carbocycles. The van der Waals surface area contributed by atoms with Crippen LogP contribution < -0.4 is 10.6 Å². The second kappa shape index (κ2) is 3.38. The number of fused-ring (bicyclic) bond motifs is 1. The van der Waals surface area contributed by atoms with Gasteiger partial charge in [-0.3, -0.25) is 0 Å². The van der Waals surface area contributed by atoms with Gasteiger partial charge in [-0.1, -0.05) is 0 Å². The first kappa shape index (κ1) is 9.71. The van der Waals surface area contributed by atoms with Crippen LogP contribution >= 0.6 is 0 Å². The molecular weight excluding hydrogens is 190 g/mol. The van der Waals surface area contributed by atoms with Crippen molar-refractivity contribution in [2.75, 3.05) is 19.0 Å². The van der Waals surface area contributed by atoms with Crippen LogP contribution in [-0.2, 0) is 0 Å². The Hall–Kier alpha value is -1.84. The monoisotopic (exact) mass is 203 g/mol. The zero-order valence-corrected chi connectivity index (χ0v) is 9.03. The second-order valence-corrected chi connectivity index (χ2v) is 3.76. The highest BCUT2D eigenvalue weighted by atomic mass is 16.1. The normalized spacial score (nSPS) is 10.6. The van der Waals surface area contributed by atoms with Gasteiger partial charge in [0.05, 0.1) is 5.52 Å². The largest absolute Gasteiger partial charge is 0.378 e. The lowest BCUT2D eigenvalue weighted by Crippen LogP contribution is -2.13. The molecule has 4 nitrogen and oxygen atoms in total. The number of benzene rings is 1. The summed E-state index contributed by atoms with van der Waals surface area (Å²) in [5, 5.41) is 0.986. The van der Waals surface area contributed by atoms with E-state index >= 15 is 0 Å². The SMILES string of the molecule is Cc1[nH]c(=O)nc2cc(N(C)C)ccc12. The van der Waals surface area contributed by atoms with Crippen molar-refractivity contribution in [2.24, 2.45) is 0 Å². The highest BCUT2D eigenvalue weighted by Gasteiger charge is 2.02. The van der Waals surface area contributed by atoms with Crippen LogP contribution in [0, 0.1) is 6.92 Å². The Morgan fingerprint density at radius 3 is 2.73 bits per heavy atom. The highest BCUT2D eigenvalue weighted by Crippen LogP contribution is 2.19. The Morgan fingerprint density at radius 1 is 1.33 bits per heavy atom. The van der Waals surface area contributed by atoms with E-state index in [0.29, 0.717) is 0 Å². The summed E-state index contributed by atoms with van der Waals surface area (Å²) in [4.78, 5) is 19.8. The van der Waals surface area contributed by atoms with Gasteiger partial charge in [-0.25, -0.2) is 4.79 Å². The lowest BCUT2D eigenvalue weighted by Gasteiger charge is -2.12. The van der Waals surface area contributed by atoms with E-state index in [1.165, 1.54) is 0 Å². The maximum atomic E-state index is 11.2. The summed E-state index contributed by atoms with van der Waals surface area (Å²) < 4.78 is 0. The standard InChI is InChI=1S/C11H13N3O/c1-7-9-5-4-8(14(2)3)6-10(9)13-11(15)12-7/h4-6H,1-3H3,(H,12,13,15). The fourth-order valence-corrected chi connectivity index (χ4v) is 1.57. The minimum atomic E-state index is -0.295. The Labute approximate surface area is 87.6 Å². The molecule has 0 saturated heterocycles. The van der Waals surface area contributed by atoms with Gasteiger partial charge in [0.1, 0.15) is 0 Å². The zero-order valence-electron chi connectivity index (χ0n) is 9.03. The Kier molecular flexibility index (Phi) is 2.19. The number of rotatable bonds is 1. The van der Waals surface area contributed by atoms with Gasteiger partial charge in [-0.05, 0) is 25.1 Å². The molecule has 15 heavy (non-hydrogen) atoms. The van der Waals surface area contributed by atoms with Gasteiger partial charge in [-0.2, -0.15) is 4.98 Å². The number of hydrogen-bond donors (Lipinski definition) is 1. The van der Waals surface area contributed by atoms with Crippen LogP contribution in [0.5, 0.6) is 0 Å². The van der Waals surface area contributed by atoms with E-state index in [1.54, 1.807) is 0 Å². The molecule has 0 bridgehead atoms. The van der Waals surface area contributed by atoms with Gasteiger partial charge in [0.25, 0.3) is 0 Å². The summed E-state index contributed by atoms with van der Waals surface area (Å²) >= 11 is 0. The third-order valence-electron chi connectivity index (χ3n) is 2.42. The average Bonchev–Trinajstić information content (AvgIpc) is 2.16. The van der Waals surface area contributed by atoms with Crippen LogP contribution in [0.4, 0.5) is 5.69 Å². The molecule has 0 aliphatic heterocycles. The van der Waals surface area contributed by atoms with Crippen LogP contribution in [0.2, 0.25) is 0 Å². The average molecular weight is 203 g/mol. The lowest BCUT2D eigenvalue weighted by molar-refractivity contribution is 1.07. The number of nitrogens with zero attached hydrogens (tertiary/aromatic N) is 2. The number of H-pyrrole nitrogens is 1. The maximum Gasteiger partial charge on any atom is 0.345 e. The fourth-order valence-electron chi connectivity index (χ4n) is 1.57. The second-order valence-electron chi connectivity index (χ2n) is 3.76. The van der Waals surface area contributed by atoms with E-state index in [2.05, 4.69) is 9.97 Å². The summed E-state index contributed by atoms with van der Waals surface area (Å²) in [5.74, 6) is 0. The molecule has 2 rings (SSSR count). The first-order valence-corrected chi connectivity index (χ1v) is 4.76. The first-order valence-electron chi connectivity index (χ1n) is 4.76. The van der Waals surface area contributed by atoms with E-state index in [9.17, 15) is 4.79 Å². The molecule has 1 heterocycles. The van der Waals surface area contributed by atoms with Crippen molar-refractivity contribution in [1.82, 2.24) is 9.97 Å².